The molecule has 21 aromatic carbocycles. The average molecular weight is 1930 g/mol. The lowest BCUT2D eigenvalue weighted by atomic mass is 10.0. The summed E-state index contributed by atoms with van der Waals surface area (Å²) in [6, 6.07) is 166. The van der Waals surface area contributed by atoms with Crippen molar-refractivity contribution < 1.29 is 17.7 Å². The van der Waals surface area contributed by atoms with Crippen molar-refractivity contribution in [1.82, 2.24) is 53.2 Å². The van der Waals surface area contributed by atoms with E-state index in [2.05, 4.69) is 340 Å². The fraction of sp³-hybridized carbons (Fsp3) is 0. The zero-order valence-corrected chi connectivity index (χ0v) is 80.4. The van der Waals surface area contributed by atoms with Gasteiger partial charge in [-0.15, -0.1) is 11.3 Å². The Balaban J connectivity index is 0.0000000915. The van der Waals surface area contributed by atoms with Crippen LogP contribution in [0.4, 0.5) is 0 Å². The van der Waals surface area contributed by atoms with E-state index < -0.39 is 0 Å². The minimum absolute atomic E-state index is 0.553. The van der Waals surface area contributed by atoms with Gasteiger partial charge in [0.1, 0.15) is 39.1 Å². The molecule has 33 rings (SSSR count). The van der Waals surface area contributed by atoms with Gasteiger partial charge in [-0.25, -0.2) is 24.9 Å². The molecule has 149 heavy (non-hydrogen) atoms. The number of nitrogens with zero attached hydrogens (tertiary/aromatic N) is 11. The molecule has 15 nitrogen and oxygen atoms in total. The standard InChI is InChI=1S/C34H19N3OS.C34H21NO.C33H20N4O.C32H19N3O/c1-2-10-20(11-3-1)29-33-30(25-14-6-9-17-28(25)39-33)36-34(35-29)37-26-15-7-4-12-21(26)23-18-19-24-22-13-5-8-16-27(22)38-32(24)31(23)37;1-2-8-22(9-3-1)25-15-19-32-30(21-25)29-18-17-28-27-12-6-7-13-31(27)35(33(28)34(29)36-32)26-16-14-23-10-4-5-11-24(23)20-26;1-3-11-21(12-4-1)31-34-32(22-13-5-2-6-14-22)36-33(35-31)37-27-17-9-7-15-23(27)25-19-20-26-24-16-8-10-18-28(24)38-30(26)29(25)37;1-2-10-20(11-3-1)29-32(34-26-15-7-6-14-25(26)33-29)35-27-16-8-4-12-21(27)23-18-19-24-22-13-5-9-17-28(22)36-31(24)30(23)35/h1-19H;1-21H;1-20H;1-19H. The molecule has 16 heteroatoms. The van der Waals surface area contributed by atoms with E-state index >= 15 is 0 Å². The second-order valence-electron chi connectivity index (χ2n) is 37.5. The quantitative estimate of drug-likeness (QED) is 0.135. The third kappa shape index (κ3) is 13.8. The first-order chi connectivity index (χ1) is 73.9. The first-order valence-corrected chi connectivity index (χ1v) is 50.6. The first kappa shape index (κ1) is 84.6. The van der Waals surface area contributed by atoms with Gasteiger partial charge in [0.15, 0.2) is 39.8 Å². The summed E-state index contributed by atoms with van der Waals surface area (Å²) in [5, 5.41) is 21.7. The second kappa shape index (κ2) is 34.4. The van der Waals surface area contributed by atoms with Gasteiger partial charge in [0.25, 0.3) is 0 Å². The van der Waals surface area contributed by atoms with Gasteiger partial charge in [0.2, 0.25) is 11.9 Å². The van der Waals surface area contributed by atoms with E-state index in [-0.39, 0.29) is 0 Å². The monoisotopic (exact) mass is 1930 g/mol. The van der Waals surface area contributed by atoms with Crippen LogP contribution in [-0.4, -0.2) is 53.2 Å². The summed E-state index contributed by atoms with van der Waals surface area (Å²) >= 11 is 1.75. The van der Waals surface area contributed by atoms with Gasteiger partial charge >= 0.3 is 0 Å². The number of hydrogen-bond acceptors (Lipinski definition) is 12. The lowest BCUT2D eigenvalue weighted by Gasteiger charge is -2.13. The smallest absolute Gasteiger partial charge is 0.238 e. The number of aromatic nitrogens is 11. The highest BCUT2D eigenvalue weighted by molar-refractivity contribution is 7.26. The van der Waals surface area contributed by atoms with Crippen molar-refractivity contribution in [1.29, 1.82) is 0 Å². The average Bonchev–Trinajstić information content (AvgIpc) is 1.57. The van der Waals surface area contributed by atoms with Crippen LogP contribution >= 0.6 is 11.3 Å². The maximum absolute atomic E-state index is 6.61. The molecule has 0 aliphatic heterocycles. The van der Waals surface area contributed by atoms with Crippen LogP contribution in [0.2, 0.25) is 0 Å². The topological polar surface area (TPSA) is 163 Å². The summed E-state index contributed by atoms with van der Waals surface area (Å²) in [7, 11) is 0. The fourth-order valence-electron chi connectivity index (χ4n) is 22.3. The van der Waals surface area contributed by atoms with Crippen LogP contribution in [0.5, 0.6) is 0 Å². The third-order valence-corrected chi connectivity index (χ3v) is 30.2. The number of benzene rings is 21. The molecule has 12 heterocycles. The molecule has 0 unspecified atom stereocenters. The van der Waals surface area contributed by atoms with Crippen molar-refractivity contribution in [3.05, 3.63) is 479 Å². The minimum atomic E-state index is 0.553. The Labute approximate surface area is 852 Å². The largest absolute Gasteiger partial charge is 0.454 e. The molecule has 0 saturated carbocycles. The molecule has 0 amide bonds. The normalized spacial score (nSPS) is 11.9. The van der Waals surface area contributed by atoms with Crippen molar-refractivity contribution in [3.8, 4) is 79.8 Å². The van der Waals surface area contributed by atoms with E-state index in [4.69, 9.17) is 52.6 Å². The van der Waals surface area contributed by atoms with Crippen LogP contribution in [0.15, 0.2) is 497 Å². The van der Waals surface area contributed by atoms with Crippen molar-refractivity contribution in [2.24, 2.45) is 0 Å². The SMILES string of the molecule is c1ccc(-c2ccc3oc4c(ccc5c6ccccc6n(-c6ccc7ccccc7c6)c54)c3c2)cc1.c1ccc(-c2nc(-c3ccccc3)nc(-n3c4ccccc4c4ccc5c6ccccc6oc5c43)n2)cc1.c1ccc(-c2nc(-n3c4ccccc4c4ccc5c6ccccc6oc5c43)nc3c2sc2ccccc23)cc1.c1ccc(-c2nc3ccccc3nc2-n2c3ccccc3c3ccc4c5ccccc5oc4c32)cc1. The Bertz CT molecular complexity index is 11200. The molecule has 0 aliphatic rings. The Morgan fingerprint density at radius 3 is 1.05 bits per heavy atom. The molecule has 12 aromatic heterocycles. The van der Waals surface area contributed by atoms with Gasteiger partial charge in [-0.3, -0.25) is 13.7 Å². The van der Waals surface area contributed by atoms with E-state index in [1.165, 1.54) is 42.9 Å². The fourth-order valence-corrected chi connectivity index (χ4v) is 23.5. The number of hydrogen-bond donors (Lipinski definition) is 0. The Morgan fingerprint density at radius 1 is 0.195 bits per heavy atom. The summed E-state index contributed by atoms with van der Waals surface area (Å²) in [4.78, 5) is 35.8. The molecule has 0 atom stereocenters. The lowest BCUT2D eigenvalue weighted by molar-refractivity contribution is 0.670. The van der Waals surface area contributed by atoms with Gasteiger partial charge in [-0.2, -0.15) is 9.97 Å². The molecule has 0 bridgehead atoms. The Morgan fingerprint density at radius 2 is 0.550 bits per heavy atom. The highest BCUT2D eigenvalue weighted by Crippen LogP contribution is 2.49. The zero-order chi connectivity index (χ0) is 97.8. The predicted octanol–water partition coefficient (Wildman–Crippen LogP) is 35.5. The van der Waals surface area contributed by atoms with Crippen molar-refractivity contribution >= 4 is 228 Å². The number of fused-ring (bicyclic) bond motifs is 33. The predicted molar refractivity (Wildman–Crippen MR) is 612 cm³/mol. The number of rotatable bonds is 9. The molecular weight excluding hydrogens is 1850 g/mol. The molecule has 0 radical (unpaired) electrons. The third-order valence-electron chi connectivity index (χ3n) is 29.1. The molecule has 0 fully saturated rings. The zero-order valence-electron chi connectivity index (χ0n) is 79.6. The summed E-state index contributed by atoms with van der Waals surface area (Å²) < 4.78 is 37.4. The maximum Gasteiger partial charge on any atom is 0.238 e. The van der Waals surface area contributed by atoms with Crippen LogP contribution < -0.4 is 0 Å². The van der Waals surface area contributed by atoms with Crippen LogP contribution in [0.1, 0.15) is 0 Å². The highest BCUT2D eigenvalue weighted by atomic mass is 32.1. The second-order valence-corrected chi connectivity index (χ2v) is 38.6. The van der Waals surface area contributed by atoms with Gasteiger partial charge in [0.05, 0.1) is 60.0 Å². The molecule has 33 aromatic rings. The summed E-state index contributed by atoms with van der Waals surface area (Å²) in [6.45, 7) is 0. The van der Waals surface area contributed by atoms with Crippen LogP contribution in [0.25, 0.3) is 297 Å². The van der Waals surface area contributed by atoms with Crippen LogP contribution in [0.3, 0.4) is 0 Å². The maximum atomic E-state index is 6.61. The number of thiophene rings is 1. The first-order valence-electron chi connectivity index (χ1n) is 49.8. The van der Waals surface area contributed by atoms with Crippen LogP contribution in [0, 0.1) is 0 Å². The van der Waals surface area contributed by atoms with Gasteiger partial charge in [0, 0.05) is 124 Å². The molecule has 0 spiro atoms. The van der Waals surface area contributed by atoms with Crippen LogP contribution in [-0.2, 0) is 0 Å². The number of furan rings is 4. The molecular formula is C133H79N11O4S. The number of para-hydroxylation sites is 9. The Hall–Kier alpha value is -20.1. The van der Waals surface area contributed by atoms with E-state index in [0.29, 0.717) is 23.5 Å². The minimum Gasteiger partial charge on any atom is -0.454 e. The van der Waals surface area contributed by atoms with E-state index in [9.17, 15) is 0 Å². The molecule has 0 saturated heterocycles. The molecule has 696 valence electrons. The Kier molecular flexibility index (Phi) is 19.5. The van der Waals surface area contributed by atoms with Gasteiger partial charge < -0.3 is 22.2 Å². The molecule has 0 aliphatic carbocycles. The summed E-state index contributed by atoms with van der Waals surface area (Å²) in [5.74, 6) is 3.23. The van der Waals surface area contributed by atoms with E-state index in [1.807, 2.05) is 158 Å². The van der Waals surface area contributed by atoms with Crippen molar-refractivity contribution in [2.75, 3.05) is 0 Å². The lowest BCUT2D eigenvalue weighted by Crippen LogP contribution is -2.06. The van der Waals surface area contributed by atoms with Gasteiger partial charge in [-0.05, 0) is 131 Å². The van der Waals surface area contributed by atoms with Gasteiger partial charge in [-0.1, -0.05) is 370 Å². The van der Waals surface area contributed by atoms with E-state index in [1.54, 1.807) is 11.3 Å². The molecule has 0 N–H and O–H groups in total. The van der Waals surface area contributed by atoms with E-state index in [0.717, 1.165) is 230 Å². The highest BCUT2D eigenvalue weighted by Gasteiger charge is 2.30. The summed E-state index contributed by atoms with van der Waals surface area (Å²) in [6.07, 6.45) is 0. The summed E-state index contributed by atoms with van der Waals surface area (Å²) in [5.41, 5.74) is 27.4. The van der Waals surface area contributed by atoms with Crippen molar-refractivity contribution in [2.45, 2.75) is 0 Å². The van der Waals surface area contributed by atoms with Crippen molar-refractivity contribution in [3.63, 3.8) is 0 Å².